The van der Waals surface area contributed by atoms with Crippen molar-refractivity contribution in [3.8, 4) is 0 Å². The van der Waals surface area contributed by atoms with Crippen LogP contribution in [0.3, 0.4) is 0 Å². The molecule has 1 unspecified atom stereocenters. The van der Waals surface area contributed by atoms with Gasteiger partial charge in [-0.15, -0.1) is 11.8 Å². The summed E-state index contributed by atoms with van der Waals surface area (Å²) in [6.07, 6.45) is 4.58. The average molecular weight is 310 g/mol. The SMILES string of the molecule is COCCNC1CSC2(C1)CN(C(=O)c1cn(C)cn1)C2. The van der Waals surface area contributed by atoms with Crippen LogP contribution in [0.4, 0.5) is 0 Å². The van der Waals surface area contributed by atoms with E-state index in [1.54, 1.807) is 19.6 Å². The first-order chi connectivity index (χ1) is 10.1. The predicted octanol–water partition coefficient (Wildman–Crippen LogP) is 0.356. The molecule has 21 heavy (non-hydrogen) atoms. The Hall–Kier alpha value is -1.05. The Balaban J connectivity index is 1.48. The van der Waals surface area contributed by atoms with Crippen molar-refractivity contribution in [3.63, 3.8) is 0 Å². The van der Waals surface area contributed by atoms with Crippen molar-refractivity contribution in [1.82, 2.24) is 19.8 Å². The summed E-state index contributed by atoms with van der Waals surface area (Å²) in [6, 6.07) is 0.539. The zero-order chi connectivity index (χ0) is 14.9. The second-order valence-electron chi connectivity index (χ2n) is 5.93. The van der Waals surface area contributed by atoms with Gasteiger partial charge in [0.2, 0.25) is 0 Å². The zero-order valence-corrected chi connectivity index (χ0v) is 13.4. The number of ether oxygens (including phenoxy) is 1. The van der Waals surface area contributed by atoms with E-state index in [0.29, 0.717) is 11.7 Å². The number of carbonyl (C=O) groups is 1. The molecule has 2 saturated heterocycles. The molecule has 1 spiro atoms. The Bertz CT molecular complexity index is 513. The lowest BCUT2D eigenvalue weighted by Crippen LogP contribution is -2.61. The molecule has 0 radical (unpaired) electrons. The van der Waals surface area contributed by atoms with Gasteiger partial charge in [0, 0.05) is 51.8 Å². The lowest BCUT2D eigenvalue weighted by atomic mass is 9.91. The molecule has 0 aromatic carbocycles. The van der Waals surface area contributed by atoms with Gasteiger partial charge in [-0.3, -0.25) is 4.79 Å². The summed E-state index contributed by atoms with van der Waals surface area (Å²) in [5.41, 5.74) is 0.546. The second-order valence-corrected chi connectivity index (χ2v) is 7.42. The highest BCUT2D eigenvalue weighted by molar-refractivity contribution is 8.01. The highest BCUT2D eigenvalue weighted by atomic mass is 32.2. The van der Waals surface area contributed by atoms with Crippen LogP contribution in [0, 0.1) is 0 Å². The molecule has 2 fully saturated rings. The molecule has 7 heteroatoms. The fraction of sp³-hybridized carbons (Fsp3) is 0.714. The van der Waals surface area contributed by atoms with E-state index in [1.807, 2.05) is 28.3 Å². The standard InChI is InChI=1S/C14H22N4O2S/c1-17-6-12(16-10-17)13(19)18-8-14(9-18)5-11(7-21-14)15-3-4-20-2/h6,10-11,15H,3-5,7-9H2,1-2H3. The topological polar surface area (TPSA) is 59.4 Å². The molecule has 1 amide bonds. The summed E-state index contributed by atoms with van der Waals surface area (Å²) in [4.78, 5) is 18.3. The number of likely N-dealkylation sites (tertiary alicyclic amines) is 1. The highest BCUT2D eigenvalue weighted by Crippen LogP contribution is 2.45. The minimum atomic E-state index is 0.0533. The first-order valence-electron chi connectivity index (χ1n) is 7.25. The number of aryl methyl sites for hydroxylation is 1. The number of thioether (sulfide) groups is 1. The molecule has 0 aliphatic carbocycles. The minimum absolute atomic E-state index is 0.0533. The van der Waals surface area contributed by atoms with E-state index in [4.69, 9.17) is 4.74 Å². The summed E-state index contributed by atoms with van der Waals surface area (Å²) in [7, 11) is 3.60. The van der Waals surface area contributed by atoms with Gasteiger partial charge in [-0.25, -0.2) is 4.98 Å². The van der Waals surface area contributed by atoms with Crippen LogP contribution in [0.15, 0.2) is 12.5 Å². The maximum Gasteiger partial charge on any atom is 0.274 e. The molecule has 1 aromatic rings. The zero-order valence-electron chi connectivity index (χ0n) is 12.5. The number of carbonyl (C=O) groups excluding carboxylic acids is 1. The number of aromatic nitrogens is 2. The number of hydrogen-bond donors (Lipinski definition) is 1. The molecule has 1 N–H and O–H groups in total. The lowest BCUT2D eigenvalue weighted by molar-refractivity contribution is 0.0546. The number of hydrogen-bond acceptors (Lipinski definition) is 5. The maximum atomic E-state index is 12.3. The van der Waals surface area contributed by atoms with E-state index >= 15 is 0 Å². The van der Waals surface area contributed by atoms with Crippen LogP contribution in [0.5, 0.6) is 0 Å². The van der Waals surface area contributed by atoms with Gasteiger partial charge in [-0.05, 0) is 6.42 Å². The molecule has 0 bridgehead atoms. The van der Waals surface area contributed by atoms with Crippen LogP contribution in [0.2, 0.25) is 0 Å². The van der Waals surface area contributed by atoms with Crippen LogP contribution in [-0.4, -0.2) is 70.3 Å². The molecular formula is C14H22N4O2S. The van der Waals surface area contributed by atoms with Crippen molar-refractivity contribution in [2.24, 2.45) is 7.05 Å². The number of nitrogens with one attached hydrogen (secondary N) is 1. The third-order valence-electron chi connectivity index (χ3n) is 4.12. The van der Waals surface area contributed by atoms with Gasteiger partial charge in [-0.1, -0.05) is 0 Å². The highest BCUT2D eigenvalue weighted by Gasteiger charge is 2.50. The number of methoxy groups -OCH3 is 1. The van der Waals surface area contributed by atoms with E-state index in [1.165, 1.54) is 0 Å². The van der Waals surface area contributed by atoms with E-state index < -0.39 is 0 Å². The van der Waals surface area contributed by atoms with Crippen LogP contribution < -0.4 is 5.32 Å². The van der Waals surface area contributed by atoms with Gasteiger partial charge in [0.15, 0.2) is 0 Å². The average Bonchev–Trinajstić information content (AvgIpc) is 3.03. The van der Waals surface area contributed by atoms with E-state index in [-0.39, 0.29) is 10.7 Å². The predicted molar refractivity (Wildman–Crippen MR) is 82.6 cm³/mol. The number of imidazole rings is 1. The molecule has 1 aromatic heterocycles. The summed E-state index contributed by atoms with van der Waals surface area (Å²) in [5.74, 6) is 1.17. The van der Waals surface area contributed by atoms with Crippen LogP contribution in [0.25, 0.3) is 0 Å². The molecule has 1 atom stereocenters. The Morgan fingerprint density at radius 2 is 2.43 bits per heavy atom. The van der Waals surface area contributed by atoms with Crippen LogP contribution in [0.1, 0.15) is 16.9 Å². The van der Waals surface area contributed by atoms with Gasteiger partial charge >= 0.3 is 0 Å². The summed E-state index contributed by atoms with van der Waals surface area (Å²) in [6.45, 7) is 3.33. The van der Waals surface area contributed by atoms with Crippen molar-refractivity contribution >= 4 is 17.7 Å². The van der Waals surface area contributed by atoms with Crippen molar-refractivity contribution in [3.05, 3.63) is 18.2 Å². The first-order valence-corrected chi connectivity index (χ1v) is 8.24. The third-order valence-corrected chi connectivity index (χ3v) is 5.72. The van der Waals surface area contributed by atoms with Gasteiger partial charge < -0.3 is 19.5 Å². The molecule has 3 heterocycles. The number of nitrogens with zero attached hydrogens (tertiary/aromatic N) is 3. The van der Waals surface area contributed by atoms with Crippen LogP contribution >= 0.6 is 11.8 Å². The molecule has 2 aliphatic rings. The third kappa shape index (κ3) is 3.09. The van der Waals surface area contributed by atoms with Gasteiger partial charge in [0.25, 0.3) is 5.91 Å². The first kappa shape index (κ1) is 14.9. The molecule has 3 rings (SSSR count). The van der Waals surface area contributed by atoms with E-state index in [2.05, 4.69) is 10.3 Å². The van der Waals surface area contributed by atoms with Gasteiger partial charge in [-0.2, -0.15) is 0 Å². The van der Waals surface area contributed by atoms with Crippen molar-refractivity contribution in [2.75, 3.05) is 39.1 Å². The van der Waals surface area contributed by atoms with E-state index in [0.717, 1.165) is 38.4 Å². The number of amides is 1. The Labute approximate surface area is 129 Å². The lowest BCUT2D eigenvalue weighted by Gasteiger charge is -2.47. The molecule has 2 aliphatic heterocycles. The summed E-state index contributed by atoms with van der Waals surface area (Å²) in [5, 5.41) is 3.52. The Morgan fingerprint density at radius 1 is 1.62 bits per heavy atom. The molecule has 0 saturated carbocycles. The smallest absolute Gasteiger partial charge is 0.274 e. The Morgan fingerprint density at radius 3 is 3.10 bits per heavy atom. The summed E-state index contributed by atoms with van der Waals surface area (Å²) >= 11 is 2.00. The summed E-state index contributed by atoms with van der Waals surface area (Å²) < 4.78 is 7.13. The monoisotopic (exact) mass is 310 g/mol. The fourth-order valence-corrected chi connectivity index (χ4v) is 4.64. The van der Waals surface area contributed by atoms with Gasteiger partial charge in [0.05, 0.1) is 17.7 Å². The quantitative estimate of drug-likeness (QED) is 0.796. The molecular weight excluding hydrogens is 288 g/mol. The molecule has 116 valence electrons. The van der Waals surface area contributed by atoms with Crippen molar-refractivity contribution in [1.29, 1.82) is 0 Å². The van der Waals surface area contributed by atoms with Crippen LogP contribution in [-0.2, 0) is 11.8 Å². The normalized spacial score (nSPS) is 23.5. The van der Waals surface area contributed by atoms with Crippen molar-refractivity contribution in [2.45, 2.75) is 17.2 Å². The minimum Gasteiger partial charge on any atom is -0.383 e. The number of rotatable bonds is 5. The Kier molecular flexibility index (Phi) is 4.24. The largest absolute Gasteiger partial charge is 0.383 e. The van der Waals surface area contributed by atoms with E-state index in [9.17, 15) is 4.79 Å². The van der Waals surface area contributed by atoms with Crippen molar-refractivity contribution < 1.29 is 9.53 Å². The maximum absolute atomic E-state index is 12.3. The molecule has 6 nitrogen and oxygen atoms in total. The second kappa shape index (κ2) is 5.98. The fourth-order valence-electron chi connectivity index (χ4n) is 3.04. The van der Waals surface area contributed by atoms with Gasteiger partial charge in [0.1, 0.15) is 5.69 Å².